The zero-order chi connectivity index (χ0) is 18.2. The van der Waals surface area contributed by atoms with E-state index in [1.165, 1.54) is 11.1 Å². The first-order chi connectivity index (χ1) is 12.0. The summed E-state index contributed by atoms with van der Waals surface area (Å²) in [5.74, 6) is 1.34. The Bertz CT molecular complexity index is 540. The molecule has 0 amide bonds. The number of aliphatic imine (C=N–C) groups is 1. The van der Waals surface area contributed by atoms with Crippen LogP contribution in [0.2, 0.25) is 0 Å². The number of hydrogen-bond acceptors (Lipinski definition) is 3. The number of benzene rings is 1. The van der Waals surface area contributed by atoms with Crippen molar-refractivity contribution in [2.24, 2.45) is 4.99 Å². The predicted molar refractivity (Wildman–Crippen MR) is 107 cm³/mol. The number of nitrogens with one attached hydrogen (secondary N) is 2. The van der Waals surface area contributed by atoms with E-state index in [1.807, 2.05) is 0 Å². The van der Waals surface area contributed by atoms with Crippen molar-refractivity contribution in [3.05, 3.63) is 35.4 Å². The molecule has 2 atom stereocenters. The fourth-order valence-electron chi connectivity index (χ4n) is 3.11. The van der Waals surface area contributed by atoms with Gasteiger partial charge >= 0.3 is 0 Å². The standard InChI is InChI=1S/C20H35N5/c1-6-21-20(23-14-19-15-24(4)11-12-25(19)5)22-13-17(3)18-9-7-16(2)8-10-18/h7-10,17,19H,6,11-15H2,1-5H3,(H2,21,22,23). The van der Waals surface area contributed by atoms with Crippen molar-refractivity contribution in [1.82, 2.24) is 20.4 Å². The summed E-state index contributed by atoms with van der Waals surface area (Å²) in [5.41, 5.74) is 2.65. The van der Waals surface area contributed by atoms with Gasteiger partial charge in [-0.3, -0.25) is 9.89 Å². The molecular weight excluding hydrogens is 310 g/mol. The third-order valence-electron chi connectivity index (χ3n) is 5.00. The Hall–Kier alpha value is -1.59. The van der Waals surface area contributed by atoms with Gasteiger partial charge in [0.25, 0.3) is 0 Å². The van der Waals surface area contributed by atoms with Crippen LogP contribution in [0.25, 0.3) is 0 Å². The van der Waals surface area contributed by atoms with E-state index in [2.05, 4.69) is 79.6 Å². The van der Waals surface area contributed by atoms with Gasteiger partial charge in [-0.05, 0) is 33.5 Å². The van der Waals surface area contributed by atoms with Crippen molar-refractivity contribution >= 4 is 5.96 Å². The molecule has 140 valence electrons. The molecule has 1 aliphatic rings. The summed E-state index contributed by atoms with van der Waals surface area (Å²) in [4.78, 5) is 9.64. The van der Waals surface area contributed by atoms with Crippen molar-refractivity contribution < 1.29 is 0 Å². The maximum Gasteiger partial charge on any atom is 0.191 e. The van der Waals surface area contributed by atoms with Crippen LogP contribution in [0.4, 0.5) is 0 Å². The van der Waals surface area contributed by atoms with E-state index >= 15 is 0 Å². The van der Waals surface area contributed by atoms with Crippen molar-refractivity contribution in [3.8, 4) is 0 Å². The second-order valence-corrected chi connectivity index (χ2v) is 7.31. The molecule has 0 radical (unpaired) electrons. The molecule has 1 aromatic rings. The summed E-state index contributed by atoms with van der Waals surface area (Å²) >= 11 is 0. The highest BCUT2D eigenvalue weighted by Gasteiger charge is 2.22. The van der Waals surface area contributed by atoms with Gasteiger partial charge in [0.05, 0.1) is 0 Å². The van der Waals surface area contributed by atoms with Gasteiger partial charge in [0.1, 0.15) is 0 Å². The molecule has 0 aromatic heterocycles. The molecule has 2 N–H and O–H groups in total. The normalized spacial score (nSPS) is 21.2. The highest BCUT2D eigenvalue weighted by Crippen LogP contribution is 2.16. The minimum absolute atomic E-state index is 0.416. The molecule has 1 aromatic carbocycles. The first kappa shape index (κ1) is 19.7. The number of nitrogens with zero attached hydrogens (tertiary/aromatic N) is 3. The second-order valence-electron chi connectivity index (χ2n) is 7.31. The van der Waals surface area contributed by atoms with Crippen LogP contribution in [-0.4, -0.2) is 75.2 Å². The van der Waals surface area contributed by atoms with E-state index in [0.29, 0.717) is 12.0 Å². The molecule has 0 bridgehead atoms. The van der Waals surface area contributed by atoms with Crippen molar-refractivity contribution in [2.45, 2.75) is 32.7 Å². The van der Waals surface area contributed by atoms with Crippen molar-refractivity contribution in [3.63, 3.8) is 0 Å². The molecular formula is C20H35N5. The second kappa shape index (κ2) is 9.78. The van der Waals surface area contributed by atoms with Crippen LogP contribution in [0, 0.1) is 6.92 Å². The van der Waals surface area contributed by atoms with E-state index < -0.39 is 0 Å². The number of likely N-dealkylation sites (N-methyl/N-ethyl adjacent to an activating group) is 2. The first-order valence-corrected chi connectivity index (χ1v) is 9.47. The van der Waals surface area contributed by atoms with Gasteiger partial charge < -0.3 is 15.5 Å². The maximum absolute atomic E-state index is 4.80. The topological polar surface area (TPSA) is 42.9 Å². The third kappa shape index (κ3) is 6.33. The Balaban J connectivity index is 1.89. The van der Waals surface area contributed by atoms with Gasteiger partial charge in [0, 0.05) is 51.2 Å². The average Bonchev–Trinajstić information content (AvgIpc) is 2.60. The molecule has 2 rings (SSSR count). The predicted octanol–water partition coefficient (Wildman–Crippen LogP) is 1.90. The van der Waals surface area contributed by atoms with Gasteiger partial charge in [-0.2, -0.15) is 0 Å². The van der Waals surface area contributed by atoms with Gasteiger partial charge in [0.2, 0.25) is 0 Å². The number of aryl methyl sites for hydroxylation is 1. The van der Waals surface area contributed by atoms with E-state index in [1.54, 1.807) is 0 Å². The molecule has 5 heteroatoms. The molecule has 1 aliphatic heterocycles. The minimum Gasteiger partial charge on any atom is -0.357 e. The summed E-state index contributed by atoms with van der Waals surface area (Å²) in [5, 5.41) is 6.90. The Morgan fingerprint density at radius 1 is 1.20 bits per heavy atom. The highest BCUT2D eigenvalue weighted by molar-refractivity contribution is 5.79. The van der Waals surface area contributed by atoms with Gasteiger partial charge in [-0.1, -0.05) is 36.8 Å². The van der Waals surface area contributed by atoms with Crippen LogP contribution in [0.1, 0.15) is 30.9 Å². The van der Waals surface area contributed by atoms with Gasteiger partial charge in [0.15, 0.2) is 5.96 Å². The zero-order valence-electron chi connectivity index (χ0n) is 16.5. The van der Waals surface area contributed by atoms with Crippen LogP contribution in [0.5, 0.6) is 0 Å². The minimum atomic E-state index is 0.416. The number of guanidine groups is 1. The third-order valence-corrected chi connectivity index (χ3v) is 5.00. The lowest BCUT2D eigenvalue weighted by Gasteiger charge is -2.38. The highest BCUT2D eigenvalue weighted by atomic mass is 15.3. The maximum atomic E-state index is 4.80. The van der Waals surface area contributed by atoms with Crippen LogP contribution in [0.15, 0.2) is 29.3 Å². The Labute approximate surface area is 153 Å². The van der Waals surface area contributed by atoms with Crippen LogP contribution in [0.3, 0.4) is 0 Å². The number of hydrogen-bond donors (Lipinski definition) is 2. The Morgan fingerprint density at radius 2 is 1.92 bits per heavy atom. The first-order valence-electron chi connectivity index (χ1n) is 9.47. The van der Waals surface area contributed by atoms with Crippen LogP contribution < -0.4 is 10.6 Å². The summed E-state index contributed by atoms with van der Waals surface area (Å²) in [6.45, 7) is 12.4. The molecule has 1 heterocycles. The molecule has 5 nitrogen and oxygen atoms in total. The lowest BCUT2D eigenvalue weighted by molar-refractivity contribution is 0.116. The zero-order valence-corrected chi connectivity index (χ0v) is 16.5. The fourth-order valence-corrected chi connectivity index (χ4v) is 3.11. The van der Waals surface area contributed by atoms with Crippen molar-refractivity contribution in [2.75, 3.05) is 53.4 Å². The molecule has 2 unspecified atom stereocenters. The number of rotatable bonds is 6. The van der Waals surface area contributed by atoms with Crippen molar-refractivity contribution in [1.29, 1.82) is 0 Å². The summed E-state index contributed by atoms with van der Waals surface area (Å²) in [6, 6.07) is 9.30. The summed E-state index contributed by atoms with van der Waals surface area (Å²) in [7, 11) is 4.41. The largest absolute Gasteiger partial charge is 0.357 e. The fraction of sp³-hybridized carbons (Fsp3) is 0.650. The summed E-state index contributed by atoms with van der Waals surface area (Å²) in [6.07, 6.45) is 0. The van der Waals surface area contributed by atoms with E-state index in [0.717, 1.165) is 45.2 Å². The summed E-state index contributed by atoms with van der Waals surface area (Å²) < 4.78 is 0. The molecule has 0 saturated carbocycles. The lowest BCUT2D eigenvalue weighted by Crippen LogP contribution is -2.55. The monoisotopic (exact) mass is 345 g/mol. The SMILES string of the molecule is CCNC(=NCC(C)c1ccc(C)cc1)NCC1CN(C)CCN1C. The quantitative estimate of drug-likeness (QED) is 0.610. The van der Waals surface area contributed by atoms with Crippen LogP contribution in [-0.2, 0) is 0 Å². The van der Waals surface area contributed by atoms with Gasteiger partial charge in [-0.15, -0.1) is 0 Å². The Kier molecular flexibility index (Phi) is 7.72. The molecule has 25 heavy (non-hydrogen) atoms. The molecule has 0 spiro atoms. The van der Waals surface area contributed by atoms with Crippen LogP contribution >= 0.6 is 0 Å². The lowest BCUT2D eigenvalue weighted by atomic mass is 10.0. The van der Waals surface area contributed by atoms with E-state index in [9.17, 15) is 0 Å². The Morgan fingerprint density at radius 3 is 2.60 bits per heavy atom. The molecule has 1 saturated heterocycles. The average molecular weight is 346 g/mol. The smallest absolute Gasteiger partial charge is 0.191 e. The van der Waals surface area contributed by atoms with E-state index in [-0.39, 0.29) is 0 Å². The molecule has 1 fully saturated rings. The van der Waals surface area contributed by atoms with E-state index in [4.69, 9.17) is 4.99 Å². The molecule has 0 aliphatic carbocycles. The number of piperazine rings is 1. The van der Waals surface area contributed by atoms with Gasteiger partial charge in [-0.25, -0.2) is 0 Å².